The predicted octanol–water partition coefficient (Wildman–Crippen LogP) is 3.34. The molecule has 2 aromatic carbocycles. The van der Waals surface area contributed by atoms with Crippen LogP contribution in [0.15, 0.2) is 47.4 Å². The second kappa shape index (κ2) is 5.03. The van der Waals surface area contributed by atoms with Gasteiger partial charge < -0.3 is 4.74 Å². The van der Waals surface area contributed by atoms with Crippen molar-refractivity contribution in [2.45, 2.75) is 18.7 Å². The van der Waals surface area contributed by atoms with Crippen LogP contribution < -0.4 is 4.74 Å². The van der Waals surface area contributed by atoms with Crippen molar-refractivity contribution in [1.82, 2.24) is 0 Å². The van der Waals surface area contributed by atoms with Crippen LogP contribution in [0.5, 0.6) is 11.5 Å². The molecule has 0 spiro atoms. The second-order valence-electron chi connectivity index (χ2n) is 4.24. The van der Waals surface area contributed by atoms with E-state index in [0.29, 0.717) is 11.3 Å². The molecule has 0 atom stereocenters. The van der Waals surface area contributed by atoms with Crippen molar-refractivity contribution < 1.29 is 17.7 Å². The summed E-state index contributed by atoms with van der Waals surface area (Å²) in [6.45, 7) is 3.59. The van der Waals surface area contributed by atoms with Crippen molar-refractivity contribution in [3.05, 3.63) is 53.6 Å². The Kier molecular flexibility index (Phi) is 3.59. The summed E-state index contributed by atoms with van der Waals surface area (Å²) >= 11 is 0. The highest BCUT2D eigenvalue weighted by Gasteiger charge is 2.19. The van der Waals surface area contributed by atoms with Crippen LogP contribution >= 0.6 is 0 Å². The third-order valence-corrected chi connectivity index (χ3v) is 3.64. The first kappa shape index (κ1) is 13.6. The Labute approximate surface area is 112 Å². The summed E-state index contributed by atoms with van der Waals surface area (Å²) in [5.41, 5.74) is 1.52. The standard InChI is InChI=1S/C14H14O4S/c1-10-6-3-4-8-12(10)18-14-11(2)7-5-9-13(14)19(15,16)17/h3-9H,1-2H3,(H,15,16,17). The summed E-state index contributed by atoms with van der Waals surface area (Å²) in [6.07, 6.45) is 0. The molecule has 0 saturated heterocycles. The first-order chi connectivity index (χ1) is 8.89. The molecule has 100 valence electrons. The van der Waals surface area contributed by atoms with E-state index in [2.05, 4.69) is 0 Å². The molecule has 4 nitrogen and oxygen atoms in total. The van der Waals surface area contributed by atoms with E-state index >= 15 is 0 Å². The zero-order chi connectivity index (χ0) is 14.0. The van der Waals surface area contributed by atoms with Gasteiger partial charge in [-0.25, -0.2) is 0 Å². The van der Waals surface area contributed by atoms with Crippen molar-refractivity contribution >= 4 is 10.1 Å². The number of hydrogen-bond acceptors (Lipinski definition) is 3. The molecule has 1 N–H and O–H groups in total. The van der Waals surface area contributed by atoms with Gasteiger partial charge in [-0.1, -0.05) is 30.3 Å². The Morgan fingerprint density at radius 1 is 0.947 bits per heavy atom. The topological polar surface area (TPSA) is 63.6 Å². The molecular formula is C14H14O4S. The van der Waals surface area contributed by atoms with Gasteiger partial charge >= 0.3 is 0 Å². The number of rotatable bonds is 3. The highest BCUT2D eigenvalue weighted by atomic mass is 32.2. The zero-order valence-electron chi connectivity index (χ0n) is 10.6. The predicted molar refractivity (Wildman–Crippen MR) is 72.2 cm³/mol. The van der Waals surface area contributed by atoms with Crippen LogP contribution in [0, 0.1) is 13.8 Å². The normalized spacial score (nSPS) is 11.3. The smallest absolute Gasteiger partial charge is 0.298 e. The van der Waals surface area contributed by atoms with E-state index in [1.54, 1.807) is 31.2 Å². The van der Waals surface area contributed by atoms with Crippen molar-refractivity contribution in [3.63, 3.8) is 0 Å². The van der Waals surface area contributed by atoms with Gasteiger partial charge in [-0.05, 0) is 37.1 Å². The van der Waals surface area contributed by atoms with Gasteiger partial charge in [-0.3, -0.25) is 4.55 Å². The molecule has 0 aliphatic carbocycles. The maximum atomic E-state index is 11.4. The second-order valence-corrected chi connectivity index (χ2v) is 5.63. The maximum Gasteiger partial charge on any atom is 0.298 e. The molecule has 0 aliphatic rings. The van der Waals surface area contributed by atoms with Crippen molar-refractivity contribution in [3.8, 4) is 11.5 Å². The van der Waals surface area contributed by atoms with E-state index in [1.165, 1.54) is 6.07 Å². The number of hydrogen-bond donors (Lipinski definition) is 1. The molecule has 5 heteroatoms. The van der Waals surface area contributed by atoms with E-state index in [9.17, 15) is 13.0 Å². The Bertz CT molecular complexity index is 705. The molecule has 0 amide bonds. The SMILES string of the molecule is Cc1ccccc1Oc1c(C)cccc1S(=O)(=O)O. The molecule has 0 saturated carbocycles. The van der Waals surface area contributed by atoms with Gasteiger partial charge in [0.1, 0.15) is 10.6 Å². The van der Waals surface area contributed by atoms with Gasteiger partial charge in [-0.15, -0.1) is 0 Å². The lowest BCUT2D eigenvalue weighted by Gasteiger charge is -2.13. The molecule has 0 unspecified atom stereocenters. The lowest BCUT2D eigenvalue weighted by molar-refractivity contribution is 0.445. The summed E-state index contributed by atoms with van der Waals surface area (Å²) in [5, 5.41) is 0. The molecule has 0 radical (unpaired) electrons. The molecular weight excluding hydrogens is 264 g/mol. The molecule has 2 rings (SSSR count). The van der Waals surface area contributed by atoms with Crippen LogP contribution in [0.3, 0.4) is 0 Å². The van der Waals surface area contributed by atoms with Crippen LogP contribution in [0.1, 0.15) is 11.1 Å². The van der Waals surface area contributed by atoms with Crippen LogP contribution in [-0.4, -0.2) is 13.0 Å². The van der Waals surface area contributed by atoms with Crippen LogP contribution in [0.4, 0.5) is 0 Å². The average Bonchev–Trinajstić information content (AvgIpc) is 2.33. The van der Waals surface area contributed by atoms with E-state index in [1.807, 2.05) is 19.1 Å². The highest BCUT2D eigenvalue weighted by molar-refractivity contribution is 7.86. The Balaban J connectivity index is 2.55. The fourth-order valence-corrected chi connectivity index (χ4v) is 2.43. The molecule has 19 heavy (non-hydrogen) atoms. The fourth-order valence-electron chi connectivity index (χ4n) is 1.74. The number of para-hydroxylation sites is 2. The third-order valence-electron chi connectivity index (χ3n) is 2.76. The Morgan fingerprint density at radius 3 is 2.21 bits per heavy atom. The average molecular weight is 278 g/mol. The fraction of sp³-hybridized carbons (Fsp3) is 0.143. The van der Waals surface area contributed by atoms with E-state index in [0.717, 1.165) is 5.56 Å². The van der Waals surface area contributed by atoms with Gasteiger partial charge in [0.25, 0.3) is 10.1 Å². The van der Waals surface area contributed by atoms with Gasteiger partial charge in [-0.2, -0.15) is 8.42 Å². The van der Waals surface area contributed by atoms with Gasteiger partial charge in [0, 0.05) is 0 Å². The van der Waals surface area contributed by atoms with Gasteiger partial charge in [0.05, 0.1) is 0 Å². The minimum Gasteiger partial charge on any atom is -0.455 e. The summed E-state index contributed by atoms with van der Waals surface area (Å²) in [6, 6.07) is 11.9. The molecule has 0 fully saturated rings. The third kappa shape index (κ3) is 2.94. The van der Waals surface area contributed by atoms with Crippen molar-refractivity contribution in [1.29, 1.82) is 0 Å². The largest absolute Gasteiger partial charge is 0.455 e. The van der Waals surface area contributed by atoms with Gasteiger partial charge in [0.15, 0.2) is 5.75 Å². The monoisotopic (exact) mass is 278 g/mol. The van der Waals surface area contributed by atoms with Gasteiger partial charge in [0.2, 0.25) is 0 Å². The summed E-state index contributed by atoms with van der Waals surface area (Å²) in [7, 11) is -4.31. The Morgan fingerprint density at radius 2 is 1.58 bits per heavy atom. The minimum absolute atomic E-state index is 0.152. The number of aryl methyl sites for hydroxylation is 2. The summed E-state index contributed by atoms with van der Waals surface area (Å²) in [5.74, 6) is 0.709. The minimum atomic E-state index is -4.31. The Hall–Kier alpha value is -1.85. The van der Waals surface area contributed by atoms with Crippen molar-refractivity contribution in [2.75, 3.05) is 0 Å². The summed E-state index contributed by atoms with van der Waals surface area (Å²) in [4.78, 5) is -0.226. The number of ether oxygens (including phenoxy) is 1. The molecule has 0 heterocycles. The highest BCUT2D eigenvalue weighted by Crippen LogP contribution is 2.33. The van der Waals surface area contributed by atoms with E-state index in [4.69, 9.17) is 4.74 Å². The summed E-state index contributed by atoms with van der Waals surface area (Å²) < 4.78 is 37.6. The quantitative estimate of drug-likeness (QED) is 0.874. The zero-order valence-corrected chi connectivity index (χ0v) is 11.4. The number of benzene rings is 2. The molecule has 2 aromatic rings. The molecule has 0 bridgehead atoms. The van der Waals surface area contributed by atoms with E-state index in [-0.39, 0.29) is 10.6 Å². The first-order valence-corrected chi connectivity index (χ1v) is 7.14. The van der Waals surface area contributed by atoms with Crippen LogP contribution in [-0.2, 0) is 10.1 Å². The van der Waals surface area contributed by atoms with Crippen LogP contribution in [0.25, 0.3) is 0 Å². The van der Waals surface area contributed by atoms with E-state index < -0.39 is 10.1 Å². The lowest BCUT2D eigenvalue weighted by Crippen LogP contribution is -2.02. The first-order valence-electron chi connectivity index (χ1n) is 5.70. The maximum absolute atomic E-state index is 11.4. The van der Waals surface area contributed by atoms with Crippen molar-refractivity contribution in [2.24, 2.45) is 0 Å². The molecule has 0 aliphatic heterocycles. The molecule has 0 aromatic heterocycles. The van der Waals surface area contributed by atoms with Crippen LogP contribution in [0.2, 0.25) is 0 Å². The lowest BCUT2D eigenvalue weighted by atomic mass is 10.2.